The lowest BCUT2D eigenvalue weighted by molar-refractivity contribution is 0.390. The molecule has 0 bridgehead atoms. The number of rotatable bonds is 7. The van der Waals surface area contributed by atoms with Crippen LogP contribution in [0.15, 0.2) is 45.9 Å². The molecule has 0 spiro atoms. The van der Waals surface area contributed by atoms with Crippen LogP contribution in [0, 0.1) is 0 Å². The van der Waals surface area contributed by atoms with Gasteiger partial charge in [0.15, 0.2) is 16.6 Å². The quantitative estimate of drug-likeness (QED) is 0.272. The van der Waals surface area contributed by atoms with Gasteiger partial charge in [-0.1, -0.05) is 75.6 Å². The highest BCUT2D eigenvalue weighted by atomic mass is 32.2. The number of hydrogen-bond acceptors (Lipinski definition) is 6. The van der Waals surface area contributed by atoms with Crippen LogP contribution in [0.5, 0.6) is 0 Å². The molecule has 3 aromatic rings. The van der Waals surface area contributed by atoms with E-state index in [0.717, 1.165) is 12.8 Å². The van der Waals surface area contributed by atoms with Crippen LogP contribution in [0.2, 0.25) is 0 Å². The second-order valence-electron chi connectivity index (χ2n) is 7.99. The number of aromatic nitrogens is 5. The predicted molar refractivity (Wildman–Crippen MR) is 130 cm³/mol. The third kappa shape index (κ3) is 5.12. The molecule has 7 nitrogen and oxygen atoms in total. The Kier molecular flexibility index (Phi) is 7.42. The first-order valence-electron chi connectivity index (χ1n) is 11.2. The lowest BCUT2D eigenvalue weighted by atomic mass is 10.1. The van der Waals surface area contributed by atoms with Gasteiger partial charge in [-0.25, -0.2) is 14.6 Å². The fraction of sp³-hybridized carbons (Fsp3) is 0.417. The van der Waals surface area contributed by atoms with Crippen molar-refractivity contribution < 1.29 is 4.42 Å². The molecule has 1 fully saturated rings. The average molecular weight is 452 g/mol. The molecule has 0 unspecified atom stereocenters. The average Bonchev–Trinajstić information content (AvgIpc) is 3.42. The molecule has 4 rings (SSSR count). The third-order valence-electron chi connectivity index (χ3n) is 5.75. The molecule has 32 heavy (non-hydrogen) atoms. The molecule has 8 heteroatoms. The van der Waals surface area contributed by atoms with Crippen LogP contribution >= 0.6 is 11.8 Å². The summed E-state index contributed by atoms with van der Waals surface area (Å²) in [4.78, 5) is 24.8. The summed E-state index contributed by atoms with van der Waals surface area (Å²) in [5, 5.41) is 5.64. The van der Waals surface area contributed by atoms with E-state index in [-0.39, 0.29) is 5.56 Å². The van der Waals surface area contributed by atoms with Gasteiger partial charge in [0.1, 0.15) is 11.1 Å². The topological polar surface area (TPSA) is 89.6 Å². The minimum absolute atomic E-state index is 0.166. The highest BCUT2D eigenvalue weighted by Crippen LogP contribution is 2.28. The van der Waals surface area contributed by atoms with E-state index in [1.807, 2.05) is 10.8 Å². The molecule has 0 amide bonds. The van der Waals surface area contributed by atoms with Crippen molar-refractivity contribution in [1.82, 2.24) is 24.7 Å². The Bertz CT molecular complexity index is 1160. The first-order chi connectivity index (χ1) is 15.7. The molecule has 1 aliphatic rings. The fourth-order valence-corrected chi connectivity index (χ4v) is 4.82. The SMILES string of the molecule is C=C/C=C\c1nc(CSc2nc3c(cnn3C3CCCCCCCC3)c(=O)[nH]2)oc1C=C. The summed E-state index contributed by atoms with van der Waals surface area (Å²) in [6, 6.07) is 0.291. The number of H-pyrrole nitrogens is 1. The van der Waals surface area contributed by atoms with Gasteiger partial charge in [0.05, 0.1) is 18.0 Å². The second-order valence-corrected chi connectivity index (χ2v) is 8.96. The summed E-state index contributed by atoms with van der Waals surface area (Å²) in [6.07, 6.45) is 18.3. The van der Waals surface area contributed by atoms with Crippen LogP contribution in [-0.2, 0) is 5.75 Å². The summed E-state index contributed by atoms with van der Waals surface area (Å²) >= 11 is 1.39. The molecule has 3 heterocycles. The van der Waals surface area contributed by atoms with E-state index < -0.39 is 0 Å². The van der Waals surface area contributed by atoms with Crippen molar-refractivity contribution in [1.29, 1.82) is 0 Å². The monoisotopic (exact) mass is 451 g/mol. The summed E-state index contributed by atoms with van der Waals surface area (Å²) in [5.41, 5.74) is 1.19. The lowest BCUT2D eigenvalue weighted by Crippen LogP contribution is -2.14. The van der Waals surface area contributed by atoms with Gasteiger partial charge < -0.3 is 9.40 Å². The second kappa shape index (κ2) is 10.6. The number of hydrogen-bond donors (Lipinski definition) is 1. The smallest absolute Gasteiger partial charge is 0.262 e. The molecule has 1 saturated carbocycles. The van der Waals surface area contributed by atoms with Crippen molar-refractivity contribution in [2.75, 3.05) is 0 Å². The summed E-state index contributed by atoms with van der Waals surface area (Å²) in [7, 11) is 0. The van der Waals surface area contributed by atoms with Crippen LogP contribution in [-0.4, -0.2) is 24.7 Å². The van der Waals surface area contributed by atoms with Gasteiger partial charge in [0.2, 0.25) is 5.89 Å². The Morgan fingerprint density at radius 1 is 1.16 bits per heavy atom. The summed E-state index contributed by atoms with van der Waals surface area (Å²) in [6.45, 7) is 7.45. The molecule has 1 aliphatic carbocycles. The van der Waals surface area contributed by atoms with Gasteiger partial charge >= 0.3 is 0 Å². The van der Waals surface area contributed by atoms with Gasteiger partial charge in [-0.05, 0) is 25.0 Å². The molecule has 3 aromatic heterocycles. The third-order valence-corrected chi connectivity index (χ3v) is 6.60. The lowest BCUT2D eigenvalue weighted by Gasteiger charge is -2.17. The van der Waals surface area contributed by atoms with Crippen molar-refractivity contribution in [2.45, 2.75) is 68.3 Å². The Morgan fingerprint density at radius 3 is 2.62 bits per heavy atom. The Balaban J connectivity index is 1.56. The van der Waals surface area contributed by atoms with E-state index in [1.54, 1.807) is 24.4 Å². The first-order valence-corrected chi connectivity index (χ1v) is 12.2. The minimum Gasteiger partial charge on any atom is -0.440 e. The number of allylic oxidation sites excluding steroid dienone is 2. The van der Waals surface area contributed by atoms with Gasteiger partial charge in [-0.2, -0.15) is 5.10 Å². The van der Waals surface area contributed by atoms with Crippen molar-refractivity contribution in [2.24, 2.45) is 0 Å². The number of oxazole rings is 1. The van der Waals surface area contributed by atoms with Crippen molar-refractivity contribution >= 4 is 34.9 Å². The molecule has 0 aromatic carbocycles. The van der Waals surface area contributed by atoms with Gasteiger partial charge in [-0.15, -0.1) is 0 Å². The molecular weight excluding hydrogens is 422 g/mol. The first kappa shape index (κ1) is 22.3. The zero-order chi connectivity index (χ0) is 22.3. The molecule has 1 N–H and O–H groups in total. The molecular formula is C24H29N5O2S. The van der Waals surface area contributed by atoms with Gasteiger partial charge in [0, 0.05) is 0 Å². The maximum absolute atomic E-state index is 12.7. The van der Waals surface area contributed by atoms with Crippen LogP contribution < -0.4 is 5.56 Å². The van der Waals surface area contributed by atoms with Crippen molar-refractivity contribution in [3.05, 3.63) is 59.2 Å². The normalized spacial score (nSPS) is 16.1. The molecule has 0 aliphatic heterocycles. The Labute approximate surface area is 191 Å². The van der Waals surface area contributed by atoms with E-state index in [9.17, 15) is 4.79 Å². The Hall–Kier alpha value is -2.87. The fourth-order valence-electron chi connectivity index (χ4n) is 4.12. The van der Waals surface area contributed by atoms with E-state index in [0.29, 0.717) is 45.3 Å². The molecule has 0 radical (unpaired) electrons. The maximum Gasteiger partial charge on any atom is 0.262 e. The molecule has 168 valence electrons. The van der Waals surface area contributed by atoms with E-state index in [4.69, 9.17) is 9.40 Å². The number of fused-ring (bicyclic) bond motifs is 1. The largest absolute Gasteiger partial charge is 0.440 e. The highest BCUT2D eigenvalue weighted by Gasteiger charge is 2.19. The predicted octanol–water partition coefficient (Wildman–Crippen LogP) is 5.92. The van der Waals surface area contributed by atoms with Gasteiger partial charge in [-0.3, -0.25) is 4.79 Å². The van der Waals surface area contributed by atoms with E-state index >= 15 is 0 Å². The Morgan fingerprint density at radius 2 is 1.91 bits per heavy atom. The van der Waals surface area contributed by atoms with E-state index in [1.165, 1.54) is 50.3 Å². The number of nitrogens with one attached hydrogen (secondary N) is 1. The standard InChI is InChI=1S/C24H29N5O2S/c1-3-5-14-19-20(4-2)31-21(26-19)16-32-24-27-22-18(23(30)28-24)15-25-29(22)17-12-10-8-6-7-9-11-13-17/h3-5,14-15,17H,1-2,6-13,16H2,(H,27,28,30)/b14-5-. The maximum atomic E-state index is 12.7. The molecule has 0 saturated heterocycles. The number of aromatic amines is 1. The zero-order valence-electron chi connectivity index (χ0n) is 18.3. The van der Waals surface area contributed by atoms with Crippen LogP contribution in [0.3, 0.4) is 0 Å². The van der Waals surface area contributed by atoms with Gasteiger partial charge in [0.25, 0.3) is 5.56 Å². The highest BCUT2D eigenvalue weighted by molar-refractivity contribution is 7.98. The summed E-state index contributed by atoms with van der Waals surface area (Å²) in [5.74, 6) is 1.59. The van der Waals surface area contributed by atoms with Crippen LogP contribution in [0.4, 0.5) is 0 Å². The number of thioether (sulfide) groups is 1. The van der Waals surface area contributed by atoms with Crippen molar-refractivity contribution in [3.63, 3.8) is 0 Å². The van der Waals surface area contributed by atoms with Crippen LogP contribution in [0.1, 0.15) is 74.8 Å². The summed E-state index contributed by atoms with van der Waals surface area (Å²) < 4.78 is 7.74. The number of nitrogens with zero attached hydrogens (tertiary/aromatic N) is 4. The minimum atomic E-state index is -0.166. The van der Waals surface area contributed by atoms with Crippen molar-refractivity contribution in [3.8, 4) is 0 Å². The zero-order valence-corrected chi connectivity index (χ0v) is 19.1. The molecule has 0 atom stereocenters. The van der Waals surface area contributed by atoms with E-state index in [2.05, 4.69) is 28.2 Å². The van der Waals surface area contributed by atoms with Crippen LogP contribution in [0.25, 0.3) is 23.2 Å².